The molecule has 1 atom stereocenters. The van der Waals surface area contributed by atoms with Crippen LogP contribution < -0.4 is 10.1 Å². The Morgan fingerprint density at radius 2 is 1.72 bits per heavy atom. The van der Waals surface area contributed by atoms with Gasteiger partial charge in [0.2, 0.25) is 0 Å². The van der Waals surface area contributed by atoms with Gasteiger partial charge in [-0.15, -0.1) is 0 Å². The zero-order valence-electron chi connectivity index (χ0n) is 15.7. The van der Waals surface area contributed by atoms with Crippen LogP contribution in [0.1, 0.15) is 10.4 Å². The first-order valence-electron chi connectivity index (χ1n) is 9.36. The van der Waals surface area contributed by atoms with Crippen LogP contribution in [0.3, 0.4) is 0 Å². The molecule has 0 aliphatic rings. The lowest BCUT2D eigenvalue weighted by molar-refractivity contribution is 0.0934. The van der Waals surface area contributed by atoms with Crippen LogP contribution in [-0.2, 0) is 6.54 Å². The maximum absolute atomic E-state index is 12.2. The van der Waals surface area contributed by atoms with E-state index in [0.29, 0.717) is 23.5 Å². The van der Waals surface area contributed by atoms with Crippen LogP contribution in [-0.4, -0.2) is 33.3 Å². The Kier molecular flexibility index (Phi) is 5.54. The highest BCUT2D eigenvalue weighted by atomic mass is 16.5. The van der Waals surface area contributed by atoms with Crippen LogP contribution >= 0.6 is 0 Å². The van der Waals surface area contributed by atoms with Crippen LogP contribution in [0, 0.1) is 0 Å². The number of benzene rings is 3. The second kappa shape index (κ2) is 8.58. The second-order valence-corrected chi connectivity index (χ2v) is 6.70. The molecule has 6 nitrogen and oxygen atoms in total. The average Bonchev–Trinajstić information content (AvgIpc) is 3.17. The third kappa shape index (κ3) is 4.62. The van der Waals surface area contributed by atoms with E-state index in [2.05, 4.69) is 10.3 Å². The van der Waals surface area contributed by atoms with Crippen molar-refractivity contribution in [1.82, 2.24) is 9.55 Å². The van der Waals surface area contributed by atoms with Crippen LogP contribution in [0.25, 0.3) is 11.0 Å². The van der Waals surface area contributed by atoms with Crippen molar-refractivity contribution in [3.8, 4) is 5.75 Å². The number of fused-ring (bicyclic) bond motifs is 1. The fourth-order valence-electron chi connectivity index (χ4n) is 3.06. The first-order valence-corrected chi connectivity index (χ1v) is 9.36. The molecule has 0 spiro atoms. The Labute approximate surface area is 168 Å². The largest absolute Gasteiger partial charge is 0.491 e. The summed E-state index contributed by atoms with van der Waals surface area (Å²) in [5.74, 6) is 0.458. The number of ether oxygens (including phenoxy) is 1. The number of aliphatic hydroxyl groups is 1. The fourth-order valence-corrected chi connectivity index (χ4v) is 3.06. The summed E-state index contributed by atoms with van der Waals surface area (Å²) < 4.78 is 7.59. The number of carbonyl (C=O) groups excluding carboxylic acids is 1. The number of nitrogens with zero attached hydrogens (tertiary/aromatic N) is 2. The van der Waals surface area contributed by atoms with E-state index in [9.17, 15) is 9.90 Å². The van der Waals surface area contributed by atoms with Gasteiger partial charge >= 0.3 is 0 Å². The summed E-state index contributed by atoms with van der Waals surface area (Å²) in [6.45, 7) is 0.550. The van der Waals surface area contributed by atoms with Crippen molar-refractivity contribution in [3.63, 3.8) is 0 Å². The van der Waals surface area contributed by atoms with Crippen molar-refractivity contribution in [2.24, 2.45) is 0 Å². The van der Waals surface area contributed by atoms with Gasteiger partial charge in [-0.2, -0.15) is 0 Å². The highest BCUT2D eigenvalue weighted by molar-refractivity contribution is 6.04. The Hall–Kier alpha value is -3.64. The van der Waals surface area contributed by atoms with Gasteiger partial charge in [0.1, 0.15) is 18.5 Å². The predicted molar refractivity (Wildman–Crippen MR) is 112 cm³/mol. The SMILES string of the molecule is O=C(Nc1ccc(OC[C@H](O)Cn2cnc3ccccc32)cc1)c1ccccc1. The molecule has 1 aromatic heterocycles. The lowest BCUT2D eigenvalue weighted by Gasteiger charge is -2.14. The van der Waals surface area contributed by atoms with E-state index in [-0.39, 0.29) is 12.5 Å². The van der Waals surface area contributed by atoms with E-state index in [1.54, 1.807) is 42.7 Å². The molecule has 4 rings (SSSR count). The summed E-state index contributed by atoms with van der Waals surface area (Å²) in [6, 6.07) is 23.9. The summed E-state index contributed by atoms with van der Waals surface area (Å²) in [6.07, 6.45) is 1.04. The third-order valence-corrected chi connectivity index (χ3v) is 4.53. The molecular formula is C23H21N3O3. The van der Waals surface area contributed by atoms with Crippen molar-refractivity contribution in [2.45, 2.75) is 12.6 Å². The third-order valence-electron chi connectivity index (χ3n) is 4.53. The van der Waals surface area contributed by atoms with E-state index in [4.69, 9.17) is 4.74 Å². The van der Waals surface area contributed by atoms with Crippen LogP contribution in [0.5, 0.6) is 5.75 Å². The van der Waals surface area contributed by atoms with Gasteiger partial charge in [-0.25, -0.2) is 4.98 Å². The number of carbonyl (C=O) groups is 1. The number of nitrogens with one attached hydrogen (secondary N) is 1. The number of hydrogen-bond donors (Lipinski definition) is 2. The number of hydrogen-bond acceptors (Lipinski definition) is 4. The molecule has 146 valence electrons. The normalized spacial score (nSPS) is 11.9. The molecule has 0 aliphatic carbocycles. The van der Waals surface area contributed by atoms with Crippen LogP contribution in [0.15, 0.2) is 85.2 Å². The van der Waals surface area contributed by atoms with Gasteiger partial charge in [-0.3, -0.25) is 4.79 Å². The summed E-state index contributed by atoms with van der Waals surface area (Å²) in [5, 5.41) is 13.2. The molecule has 2 N–H and O–H groups in total. The number of aliphatic hydroxyl groups excluding tert-OH is 1. The Morgan fingerprint density at radius 3 is 2.52 bits per heavy atom. The number of imidazole rings is 1. The van der Waals surface area contributed by atoms with Crippen molar-refractivity contribution >= 4 is 22.6 Å². The van der Waals surface area contributed by atoms with Gasteiger partial charge in [0.15, 0.2) is 0 Å². The number of para-hydroxylation sites is 2. The maximum Gasteiger partial charge on any atom is 0.255 e. The zero-order chi connectivity index (χ0) is 20.1. The number of amides is 1. The number of rotatable bonds is 7. The minimum atomic E-state index is -0.676. The van der Waals surface area contributed by atoms with Gasteiger partial charge in [0, 0.05) is 11.3 Å². The second-order valence-electron chi connectivity index (χ2n) is 6.70. The van der Waals surface area contributed by atoms with Gasteiger partial charge in [-0.05, 0) is 48.5 Å². The molecule has 3 aromatic carbocycles. The van der Waals surface area contributed by atoms with E-state index in [0.717, 1.165) is 11.0 Å². The van der Waals surface area contributed by atoms with Gasteiger partial charge in [0.25, 0.3) is 5.91 Å². The first-order chi connectivity index (χ1) is 14.2. The van der Waals surface area contributed by atoms with Gasteiger partial charge < -0.3 is 19.7 Å². The summed E-state index contributed by atoms with van der Waals surface area (Å²) >= 11 is 0. The Morgan fingerprint density at radius 1 is 1.00 bits per heavy atom. The lowest BCUT2D eigenvalue weighted by atomic mass is 10.2. The molecule has 4 aromatic rings. The maximum atomic E-state index is 12.2. The van der Waals surface area contributed by atoms with E-state index in [1.807, 2.05) is 47.0 Å². The molecule has 0 fully saturated rings. The minimum absolute atomic E-state index is 0.155. The highest BCUT2D eigenvalue weighted by Gasteiger charge is 2.10. The smallest absolute Gasteiger partial charge is 0.255 e. The van der Waals surface area contributed by atoms with E-state index >= 15 is 0 Å². The van der Waals surface area contributed by atoms with E-state index < -0.39 is 6.10 Å². The molecule has 0 radical (unpaired) electrons. The molecule has 1 heterocycles. The minimum Gasteiger partial charge on any atom is -0.491 e. The quantitative estimate of drug-likeness (QED) is 0.507. The predicted octanol–water partition coefficient (Wildman–Crippen LogP) is 3.73. The molecule has 0 bridgehead atoms. The Balaban J connectivity index is 1.30. The fraction of sp³-hybridized carbons (Fsp3) is 0.130. The summed E-state index contributed by atoms with van der Waals surface area (Å²) in [4.78, 5) is 16.5. The molecule has 0 saturated heterocycles. The van der Waals surface area contributed by atoms with Gasteiger partial charge in [0.05, 0.1) is 23.9 Å². The standard InChI is InChI=1S/C23H21N3O3/c27-19(14-26-16-24-21-8-4-5-9-22(21)26)15-29-20-12-10-18(11-13-20)25-23(28)17-6-2-1-3-7-17/h1-13,16,19,27H,14-15H2,(H,25,28)/t19-/m1/s1. The van der Waals surface area contributed by atoms with Gasteiger partial charge in [-0.1, -0.05) is 30.3 Å². The topological polar surface area (TPSA) is 76.4 Å². The molecule has 0 unspecified atom stereocenters. The van der Waals surface area contributed by atoms with E-state index in [1.165, 1.54) is 0 Å². The molecule has 0 aliphatic heterocycles. The van der Waals surface area contributed by atoms with Crippen molar-refractivity contribution in [3.05, 3.63) is 90.8 Å². The molecule has 29 heavy (non-hydrogen) atoms. The van der Waals surface area contributed by atoms with Crippen LogP contribution in [0.2, 0.25) is 0 Å². The van der Waals surface area contributed by atoms with Crippen molar-refractivity contribution < 1.29 is 14.6 Å². The molecular weight excluding hydrogens is 366 g/mol. The first kappa shape index (κ1) is 18.7. The van der Waals surface area contributed by atoms with Crippen LogP contribution in [0.4, 0.5) is 5.69 Å². The monoisotopic (exact) mass is 387 g/mol. The Bertz CT molecular complexity index is 1090. The summed E-state index contributed by atoms with van der Waals surface area (Å²) in [5.41, 5.74) is 3.15. The summed E-state index contributed by atoms with van der Waals surface area (Å²) in [7, 11) is 0. The number of aromatic nitrogens is 2. The average molecular weight is 387 g/mol. The van der Waals surface area contributed by atoms with Crippen molar-refractivity contribution in [1.29, 1.82) is 0 Å². The van der Waals surface area contributed by atoms with Crippen molar-refractivity contribution in [2.75, 3.05) is 11.9 Å². The number of anilines is 1. The molecule has 1 amide bonds. The highest BCUT2D eigenvalue weighted by Crippen LogP contribution is 2.17. The molecule has 0 saturated carbocycles. The lowest BCUT2D eigenvalue weighted by Crippen LogP contribution is -2.23. The molecule has 6 heteroatoms. The zero-order valence-corrected chi connectivity index (χ0v) is 15.7.